The summed E-state index contributed by atoms with van der Waals surface area (Å²) in [5.41, 5.74) is 6.59. The van der Waals surface area contributed by atoms with Gasteiger partial charge in [0.2, 0.25) is 10.0 Å². The van der Waals surface area contributed by atoms with Crippen LogP contribution in [-0.2, 0) is 22.0 Å². The summed E-state index contributed by atoms with van der Waals surface area (Å²) in [5.74, 6) is -1.66. The number of hydrogen-bond donors (Lipinski definition) is 2. The summed E-state index contributed by atoms with van der Waals surface area (Å²) in [6, 6.07) is 2.24. The van der Waals surface area contributed by atoms with E-state index in [0.717, 1.165) is 22.1 Å². The highest BCUT2D eigenvalue weighted by molar-refractivity contribution is 7.89. The van der Waals surface area contributed by atoms with E-state index in [2.05, 4.69) is 10.2 Å². The molecule has 0 aliphatic carbocycles. The van der Waals surface area contributed by atoms with Crippen molar-refractivity contribution in [2.75, 3.05) is 12.3 Å². The number of nitrogens with two attached hydrogens (primary N) is 1. The van der Waals surface area contributed by atoms with Crippen molar-refractivity contribution in [3.63, 3.8) is 0 Å². The molecule has 2 aromatic rings. The van der Waals surface area contributed by atoms with Crippen LogP contribution in [0.25, 0.3) is 0 Å². The third-order valence-electron chi connectivity index (χ3n) is 3.96. The lowest BCUT2D eigenvalue weighted by molar-refractivity contribution is 0.295. The number of nitrogen functional groups attached to an aromatic ring is 1. The maximum atomic E-state index is 13.4. The smallest absolute Gasteiger partial charge is 0.243 e. The van der Waals surface area contributed by atoms with Crippen molar-refractivity contribution in [3.05, 3.63) is 41.1 Å². The van der Waals surface area contributed by atoms with E-state index in [1.165, 1.54) is 0 Å². The van der Waals surface area contributed by atoms with Gasteiger partial charge in [0.05, 0.1) is 4.90 Å². The Labute approximate surface area is 132 Å². The molecule has 1 aromatic carbocycles. The van der Waals surface area contributed by atoms with E-state index >= 15 is 0 Å². The highest BCUT2D eigenvalue weighted by atomic mass is 32.2. The van der Waals surface area contributed by atoms with Gasteiger partial charge in [-0.25, -0.2) is 17.2 Å². The lowest BCUT2D eigenvalue weighted by Gasteiger charge is -2.36. The number of hydrogen-bond acceptors (Lipinski definition) is 4. The van der Waals surface area contributed by atoms with Crippen LogP contribution in [0, 0.1) is 11.6 Å². The molecule has 6 nitrogen and oxygen atoms in total. The quantitative estimate of drug-likeness (QED) is 0.870. The third-order valence-corrected chi connectivity index (χ3v) is 5.73. The minimum atomic E-state index is -4.06. The maximum absolute atomic E-state index is 13.4. The number of sulfonamides is 1. The van der Waals surface area contributed by atoms with Crippen molar-refractivity contribution in [2.45, 2.75) is 30.7 Å². The fraction of sp³-hybridized carbons (Fsp3) is 0.357. The zero-order valence-electron chi connectivity index (χ0n) is 12.6. The summed E-state index contributed by atoms with van der Waals surface area (Å²) in [5, 5.41) is 6.75. The van der Waals surface area contributed by atoms with Crippen LogP contribution in [0.5, 0.6) is 0 Å². The predicted octanol–water partition coefficient (Wildman–Crippen LogP) is 1.75. The number of aromatic nitrogens is 2. The van der Waals surface area contributed by atoms with E-state index in [1.807, 2.05) is 13.8 Å². The Balaban J connectivity index is 2.07. The second-order valence-corrected chi connectivity index (χ2v) is 8.16. The number of rotatable bonds is 2. The summed E-state index contributed by atoms with van der Waals surface area (Å²) in [7, 11) is -4.06. The number of anilines is 1. The van der Waals surface area contributed by atoms with E-state index in [0.29, 0.717) is 11.6 Å². The Hall–Kier alpha value is -2.00. The van der Waals surface area contributed by atoms with Crippen LogP contribution in [-0.4, -0.2) is 29.5 Å². The molecule has 3 rings (SSSR count). The van der Waals surface area contributed by atoms with Gasteiger partial charge in [-0.15, -0.1) is 0 Å². The van der Waals surface area contributed by atoms with Crippen LogP contribution in [0.4, 0.5) is 14.6 Å². The average Bonchev–Trinajstić information content (AvgIpc) is 2.79. The van der Waals surface area contributed by atoms with Crippen molar-refractivity contribution in [1.29, 1.82) is 0 Å². The molecule has 2 heterocycles. The molecule has 0 spiro atoms. The van der Waals surface area contributed by atoms with E-state index in [4.69, 9.17) is 5.73 Å². The Kier molecular flexibility index (Phi) is 3.45. The van der Waals surface area contributed by atoms with E-state index in [1.54, 1.807) is 0 Å². The van der Waals surface area contributed by atoms with Gasteiger partial charge in [0, 0.05) is 35.8 Å². The first-order valence-corrected chi connectivity index (χ1v) is 8.35. The molecule has 1 aliphatic heterocycles. The molecule has 0 atom stereocenters. The number of nitrogens with one attached hydrogen (secondary N) is 1. The molecule has 1 aliphatic rings. The largest absolute Gasteiger partial charge is 0.382 e. The molecule has 0 amide bonds. The van der Waals surface area contributed by atoms with Crippen LogP contribution in [0.3, 0.4) is 0 Å². The monoisotopic (exact) mass is 342 g/mol. The van der Waals surface area contributed by atoms with E-state index in [-0.39, 0.29) is 18.9 Å². The van der Waals surface area contributed by atoms with Crippen LogP contribution < -0.4 is 5.73 Å². The molecule has 1 aromatic heterocycles. The fourth-order valence-electron chi connectivity index (χ4n) is 2.85. The summed E-state index contributed by atoms with van der Waals surface area (Å²) in [6.45, 7) is 3.83. The molecule has 0 saturated heterocycles. The standard InChI is InChI=1S/C14H16F2N4O2S/c1-14(2)7-20(6-11-12(14)18-19-13(11)17)23(21,22)10-4-8(15)3-9(16)5-10/h3-5H,6-7H2,1-2H3,(H3,17,18,19). The first-order chi connectivity index (χ1) is 10.6. The minimum Gasteiger partial charge on any atom is -0.382 e. The Morgan fingerprint density at radius 1 is 1.26 bits per heavy atom. The zero-order valence-corrected chi connectivity index (χ0v) is 13.4. The molecule has 9 heteroatoms. The first-order valence-electron chi connectivity index (χ1n) is 6.91. The Bertz CT molecular complexity index is 857. The summed E-state index contributed by atoms with van der Waals surface area (Å²) < 4.78 is 53.4. The summed E-state index contributed by atoms with van der Waals surface area (Å²) in [4.78, 5) is -0.420. The second-order valence-electron chi connectivity index (χ2n) is 6.22. The van der Waals surface area contributed by atoms with Gasteiger partial charge in [-0.2, -0.15) is 9.40 Å². The molecular weight excluding hydrogens is 326 g/mol. The van der Waals surface area contributed by atoms with E-state index < -0.39 is 32.0 Å². The van der Waals surface area contributed by atoms with Crippen LogP contribution >= 0.6 is 0 Å². The maximum Gasteiger partial charge on any atom is 0.243 e. The second kappa shape index (κ2) is 5.00. The van der Waals surface area contributed by atoms with Gasteiger partial charge in [0.1, 0.15) is 17.5 Å². The first kappa shape index (κ1) is 15.9. The average molecular weight is 342 g/mol. The van der Waals surface area contributed by atoms with Crippen LogP contribution in [0.1, 0.15) is 25.1 Å². The topological polar surface area (TPSA) is 92.1 Å². The van der Waals surface area contributed by atoms with Crippen LogP contribution in [0.15, 0.2) is 23.1 Å². The van der Waals surface area contributed by atoms with Gasteiger partial charge < -0.3 is 5.73 Å². The number of fused-ring (bicyclic) bond motifs is 1. The zero-order chi connectivity index (χ0) is 17.0. The van der Waals surface area contributed by atoms with Gasteiger partial charge in [0.25, 0.3) is 0 Å². The number of H-pyrrole nitrogens is 1. The fourth-order valence-corrected chi connectivity index (χ4v) is 4.46. The van der Waals surface area contributed by atoms with Gasteiger partial charge >= 0.3 is 0 Å². The Morgan fingerprint density at radius 3 is 2.48 bits per heavy atom. The molecule has 0 saturated carbocycles. The van der Waals surface area contributed by atoms with Crippen molar-refractivity contribution in [2.24, 2.45) is 0 Å². The third kappa shape index (κ3) is 2.59. The SMILES string of the molecule is CC1(C)CN(S(=O)(=O)c2cc(F)cc(F)c2)Cc2c(N)n[nH]c21. The molecule has 0 fully saturated rings. The van der Waals surface area contributed by atoms with Gasteiger partial charge in [-0.05, 0) is 12.1 Å². The molecule has 0 unspecified atom stereocenters. The summed E-state index contributed by atoms with van der Waals surface area (Å²) in [6.07, 6.45) is 0. The number of aromatic amines is 1. The normalized spacial score (nSPS) is 17.9. The van der Waals surface area contributed by atoms with Crippen molar-refractivity contribution in [1.82, 2.24) is 14.5 Å². The molecule has 23 heavy (non-hydrogen) atoms. The van der Waals surface area contributed by atoms with Gasteiger partial charge in [0.15, 0.2) is 0 Å². The predicted molar refractivity (Wildman–Crippen MR) is 80.0 cm³/mol. The summed E-state index contributed by atoms with van der Waals surface area (Å²) >= 11 is 0. The lowest BCUT2D eigenvalue weighted by atomic mass is 9.84. The lowest BCUT2D eigenvalue weighted by Crippen LogP contribution is -2.45. The molecular formula is C14H16F2N4O2S. The molecule has 3 N–H and O–H groups in total. The highest BCUT2D eigenvalue weighted by Crippen LogP contribution is 2.36. The van der Waals surface area contributed by atoms with Crippen molar-refractivity contribution < 1.29 is 17.2 Å². The highest BCUT2D eigenvalue weighted by Gasteiger charge is 2.40. The molecule has 0 bridgehead atoms. The van der Waals surface area contributed by atoms with Crippen molar-refractivity contribution >= 4 is 15.8 Å². The van der Waals surface area contributed by atoms with Gasteiger partial charge in [-0.3, -0.25) is 5.10 Å². The molecule has 0 radical (unpaired) electrons. The van der Waals surface area contributed by atoms with Crippen LogP contribution in [0.2, 0.25) is 0 Å². The number of benzene rings is 1. The van der Waals surface area contributed by atoms with Gasteiger partial charge in [-0.1, -0.05) is 13.8 Å². The number of halogens is 2. The molecule has 124 valence electrons. The number of nitrogens with zero attached hydrogens (tertiary/aromatic N) is 2. The van der Waals surface area contributed by atoms with E-state index in [9.17, 15) is 17.2 Å². The minimum absolute atomic E-state index is 0.00155. The van der Waals surface area contributed by atoms with Crippen molar-refractivity contribution in [3.8, 4) is 0 Å². The Morgan fingerprint density at radius 2 is 1.87 bits per heavy atom.